The summed E-state index contributed by atoms with van der Waals surface area (Å²) in [6.45, 7) is 2.29. The monoisotopic (exact) mass is 336 g/mol. The predicted octanol–water partition coefficient (Wildman–Crippen LogP) is 4.87. The molecule has 2 nitrogen and oxygen atoms in total. The molecule has 1 unspecified atom stereocenters. The maximum absolute atomic E-state index is 5.99. The lowest BCUT2D eigenvalue weighted by Crippen LogP contribution is -2.47. The fourth-order valence-electron chi connectivity index (χ4n) is 3.19. The van der Waals surface area contributed by atoms with Gasteiger partial charge in [-0.3, -0.25) is 0 Å². The third-order valence-corrected chi connectivity index (χ3v) is 9.89. The first-order chi connectivity index (χ1) is 8.68. The Kier molecular flexibility index (Phi) is 8.08. The van der Waals surface area contributed by atoms with E-state index in [1.54, 1.807) is 0 Å². The lowest BCUT2D eigenvalue weighted by molar-refractivity contribution is 0.214. The van der Waals surface area contributed by atoms with Crippen LogP contribution in [0.15, 0.2) is 0 Å². The van der Waals surface area contributed by atoms with E-state index >= 15 is 0 Å². The van der Waals surface area contributed by atoms with Crippen LogP contribution in [0.25, 0.3) is 0 Å². The quantitative estimate of drug-likeness (QED) is 0.509. The molecule has 1 aliphatic carbocycles. The van der Waals surface area contributed by atoms with Crippen LogP contribution < -0.4 is 0 Å². The number of alkyl halides is 1. The highest BCUT2D eigenvalue weighted by Crippen LogP contribution is 2.39. The third kappa shape index (κ3) is 4.62. The zero-order valence-electron chi connectivity index (χ0n) is 12.2. The molecule has 0 spiro atoms. The Morgan fingerprint density at radius 1 is 1.06 bits per heavy atom. The van der Waals surface area contributed by atoms with Gasteiger partial charge in [0.1, 0.15) is 0 Å². The van der Waals surface area contributed by atoms with Crippen LogP contribution in [0.5, 0.6) is 0 Å². The van der Waals surface area contributed by atoms with E-state index in [0.717, 1.165) is 11.4 Å². The standard InChI is InChI=1S/C14H29BrO2Si/c1-13(11-15)12-18(16-2,17-3)14-9-7-5-4-6-8-10-14/h13-14H,4-12H2,1-3H3. The van der Waals surface area contributed by atoms with Crippen molar-refractivity contribution < 1.29 is 8.85 Å². The van der Waals surface area contributed by atoms with Crippen molar-refractivity contribution in [3.8, 4) is 0 Å². The molecule has 108 valence electrons. The third-order valence-electron chi connectivity index (χ3n) is 4.31. The second-order valence-electron chi connectivity index (χ2n) is 5.73. The lowest BCUT2D eigenvalue weighted by Gasteiger charge is -2.37. The second kappa shape index (κ2) is 8.72. The molecule has 1 saturated carbocycles. The largest absolute Gasteiger partial charge is 0.397 e. The normalized spacial score (nSPS) is 21.3. The van der Waals surface area contributed by atoms with E-state index in [4.69, 9.17) is 8.85 Å². The first-order valence-corrected chi connectivity index (χ1v) is 10.6. The van der Waals surface area contributed by atoms with Crippen LogP contribution in [0.2, 0.25) is 11.6 Å². The zero-order valence-corrected chi connectivity index (χ0v) is 14.8. The topological polar surface area (TPSA) is 18.5 Å². The summed E-state index contributed by atoms with van der Waals surface area (Å²) in [6.07, 6.45) is 9.53. The molecule has 0 aromatic rings. The molecule has 0 radical (unpaired) electrons. The Morgan fingerprint density at radius 2 is 1.56 bits per heavy atom. The summed E-state index contributed by atoms with van der Waals surface area (Å²) in [5.41, 5.74) is 0.689. The summed E-state index contributed by atoms with van der Waals surface area (Å²) in [6, 6.07) is 1.12. The van der Waals surface area contributed by atoms with Crippen molar-refractivity contribution >= 4 is 24.5 Å². The summed E-state index contributed by atoms with van der Waals surface area (Å²) in [7, 11) is 1.73. The van der Waals surface area contributed by atoms with Gasteiger partial charge in [-0.05, 0) is 24.8 Å². The summed E-state index contributed by atoms with van der Waals surface area (Å²) >= 11 is 3.59. The minimum atomic E-state index is -2.01. The molecule has 0 aliphatic heterocycles. The molecule has 4 heteroatoms. The van der Waals surface area contributed by atoms with Crippen LogP contribution in [-0.4, -0.2) is 28.1 Å². The van der Waals surface area contributed by atoms with Gasteiger partial charge in [-0.2, -0.15) is 0 Å². The van der Waals surface area contributed by atoms with Gasteiger partial charge in [-0.25, -0.2) is 0 Å². The van der Waals surface area contributed by atoms with Gasteiger partial charge in [0.25, 0.3) is 0 Å². The Hall–Kier alpha value is 0.617. The molecule has 1 atom stereocenters. The van der Waals surface area contributed by atoms with Gasteiger partial charge in [0, 0.05) is 25.1 Å². The molecule has 0 amide bonds. The van der Waals surface area contributed by atoms with Crippen molar-refractivity contribution in [3.63, 3.8) is 0 Å². The molecule has 0 aromatic carbocycles. The molecule has 1 fully saturated rings. The second-order valence-corrected chi connectivity index (χ2v) is 10.0. The molecular formula is C14H29BrO2Si. The first-order valence-electron chi connectivity index (χ1n) is 7.34. The zero-order chi connectivity index (χ0) is 13.4. The maximum Gasteiger partial charge on any atom is 0.341 e. The highest BCUT2D eigenvalue weighted by Gasteiger charge is 2.44. The van der Waals surface area contributed by atoms with Crippen LogP contribution in [-0.2, 0) is 8.85 Å². The van der Waals surface area contributed by atoms with Gasteiger partial charge >= 0.3 is 8.56 Å². The Labute approximate surface area is 122 Å². The summed E-state index contributed by atoms with van der Waals surface area (Å²) in [4.78, 5) is 0. The van der Waals surface area contributed by atoms with Gasteiger partial charge in [-0.1, -0.05) is 55.0 Å². The Morgan fingerprint density at radius 3 is 2.00 bits per heavy atom. The van der Waals surface area contributed by atoms with E-state index in [2.05, 4.69) is 22.9 Å². The Balaban J connectivity index is 2.72. The van der Waals surface area contributed by atoms with Crippen molar-refractivity contribution in [3.05, 3.63) is 0 Å². The summed E-state index contributed by atoms with van der Waals surface area (Å²) in [5, 5.41) is 1.04. The van der Waals surface area contributed by atoms with E-state index in [9.17, 15) is 0 Å². The van der Waals surface area contributed by atoms with Gasteiger partial charge in [0.05, 0.1) is 0 Å². The molecule has 0 heterocycles. The van der Waals surface area contributed by atoms with Gasteiger partial charge < -0.3 is 8.85 Å². The summed E-state index contributed by atoms with van der Waals surface area (Å²) in [5.74, 6) is 0.641. The van der Waals surface area contributed by atoms with Crippen LogP contribution >= 0.6 is 15.9 Å². The first kappa shape index (κ1) is 16.7. The van der Waals surface area contributed by atoms with Gasteiger partial charge in [-0.15, -0.1) is 0 Å². The maximum atomic E-state index is 5.99. The number of hydrogen-bond acceptors (Lipinski definition) is 2. The van der Waals surface area contributed by atoms with Crippen LogP contribution in [0.1, 0.15) is 51.9 Å². The fraction of sp³-hybridized carbons (Fsp3) is 1.00. The smallest absolute Gasteiger partial charge is 0.341 e. The van der Waals surface area contributed by atoms with E-state index in [0.29, 0.717) is 11.5 Å². The molecular weight excluding hydrogens is 308 g/mol. The van der Waals surface area contributed by atoms with Crippen molar-refractivity contribution in [2.24, 2.45) is 5.92 Å². The molecule has 0 aromatic heterocycles. The fourth-order valence-corrected chi connectivity index (χ4v) is 7.74. The highest BCUT2D eigenvalue weighted by molar-refractivity contribution is 9.09. The molecule has 18 heavy (non-hydrogen) atoms. The SMILES string of the molecule is CO[Si](CC(C)CBr)(OC)C1CCCCCCC1. The lowest BCUT2D eigenvalue weighted by atomic mass is 10.0. The summed E-state index contributed by atoms with van der Waals surface area (Å²) < 4.78 is 12.0. The van der Waals surface area contributed by atoms with Crippen LogP contribution in [0.4, 0.5) is 0 Å². The minimum absolute atomic E-state index is 0.641. The van der Waals surface area contributed by atoms with Gasteiger partial charge in [0.15, 0.2) is 0 Å². The Bertz CT molecular complexity index is 214. The molecule has 0 bridgehead atoms. The van der Waals surface area contributed by atoms with E-state index in [-0.39, 0.29) is 0 Å². The molecule has 0 saturated heterocycles. The average molecular weight is 337 g/mol. The van der Waals surface area contributed by atoms with E-state index < -0.39 is 8.56 Å². The minimum Gasteiger partial charge on any atom is -0.397 e. The van der Waals surface area contributed by atoms with Crippen LogP contribution in [0, 0.1) is 5.92 Å². The predicted molar refractivity (Wildman–Crippen MR) is 83.6 cm³/mol. The number of rotatable bonds is 6. The molecule has 1 rings (SSSR count). The molecule has 1 aliphatic rings. The van der Waals surface area contributed by atoms with Gasteiger partial charge in [0.2, 0.25) is 0 Å². The van der Waals surface area contributed by atoms with Crippen molar-refractivity contribution in [2.45, 2.75) is 63.5 Å². The van der Waals surface area contributed by atoms with Crippen molar-refractivity contribution in [1.82, 2.24) is 0 Å². The van der Waals surface area contributed by atoms with Crippen LogP contribution in [0.3, 0.4) is 0 Å². The number of hydrogen-bond donors (Lipinski definition) is 0. The average Bonchev–Trinajstić information content (AvgIpc) is 2.36. The van der Waals surface area contributed by atoms with E-state index in [1.807, 2.05) is 14.2 Å². The number of halogens is 1. The van der Waals surface area contributed by atoms with Crippen molar-refractivity contribution in [2.75, 3.05) is 19.5 Å². The molecule has 0 N–H and O–H groups in total. The van der Waals surface area contributed by atoms with Crippen molar-refractivity contribution in [1.29, 1.82) is 0 Å². The van der Waals surface area contributed by atoms with E-state index in [1.165, 1.54) is 44.9 Å². The highest BCUT2D eigenvalue weighted by atomic mass is 79.9.